The highest BCUT2D eigenvalue weighted by atomic mass is 14.9. The van der Waals surface area contributed by atoms with Gasteiger partial charge in [0.15, 0.2) is 0 Å². The van der Waals surface area contributed by atoms with Gasteiger partial charge in [-0.15, -0.1) is 0 Å². The molecule has 3 unspecified atom stereocenters. The van der Waals surface area contributed by atoms with Gasteiger partial charge in [0.2, 0.25) is 0 Å². The van der Waals surface area contributed by atoms with Crippen molar-refractivity contribution in [3.8, 4) is 0 Å². The number of nitrogens with two attached hydrogens (primary N) is 1. The quantitative estimate of drug-likeness (QED) is 0.614. The fourth-order valence-electron chi connectivity index (χ4n) is 3.09. The Morgan fingerprint density at radius 2 is 2.00 bits per heavy atom. The van der Waals surface area contributed by atoms with Crippen molar-refractivity contribution in [1.29, 1.82) is 0 Å². The summed E-state index contributed by atoms with van der Waals surface area (Å²) in [6, 6.07) is 0. The first-order chi connectivity index (χ1) is 4.99. The zero-order chi connectivity index (χ0) is 8.28. The van der Waals surface area contributed by atoms with E-state index in [0.717, 1.165) is 11.8 Å². The fraction of sp³-hybridized carbons (Fsp3) is 1.00. The third-order valence-electron chi connectivity index (χ3n) is 4.19. The highest BCUT2D eigenvalue weighted by Gasteiger charge is 2.66. The molecule has 2 saturated carbocycles. The summed E-state index contributed by atoms with van der Waals surface area (Å²) in [5, 5.41) is 0. The van der Waals surface area contributed by atoms with Crippen LogP contribution in [0.1, 0.15) is 40.0 Å². The van der Waals surface area contributed by atoms with Crippen LogP contribution in [0.15, 0.2) is 0 Å². The Morgan fingerprint density at radius 1 is 1.36 bits per heavy atom. The van der Waals surface area contributed by atoms with E-state index in [1.54, 1.807) is 0 Å². The Bertz CT molecular complexity index is 183. The van der Waals surface area contributed by atoms with Crippen molar-refractivity contribution >= 4 is 0 Å². The van der Waals surface area contributed by atoms with E-state index < -0.39 is 0 Å². The predicted octanol–water partition coefficient (Wildman–Crippen LogP) is 2.16. The lowest BCUT2D eigenvalue weighted by Gasteiger charge is -2.18. The van der Waals surface area contributed by atoms with Crippen molar-refractivity contribution < 1.29 is 0 Å². The van der Waals surface area contributed by atoms with Crippen LogP contribution in [0.3, 0.4) is 0 Å². The van der Waals surface area contributed by atoms with Crippen LogP contribution >= 0.6 is 0 Å². The summed E-state index contributed by atoms with van der Waals surface area (Å²) in [6.07, 6.45) is 4.02. The normalized spacial score (nSPS) is 54.8. The Labute approximate surface area is 69.4 Å². The lowest BCUT2D eigenvalue weighted by Crippen LogP contribution is -2.36. The predicted molar refractivity (Wildman–Crippen MR) is 47.2 cm³/mol. The summed E-state index contributed by atoms with van der Waals surface area (Å²) in [5.41, 5.74) is 7.03. The molecule has 0 amide bonds. The minimum absolute atomic E-state index is 0.171. The van der Waals surface area contributed by atoms with Gasteiger partial charge in [0, 0.05) is 5.54 Å². The molecule has 2 fully saturated rings. The third-order valence-corrected chi connectivity index (χ3v) is 4.19. The van der Waals surface area contributed by atoms with Crippen LogP contribution in [0.4, 0.5) is 0 Å². The Hall–Kier alpha value is -0.0400. The first-order valence-electron chi connectivity index (χ1n) is 4.78. The van der Waals surface area contributed by atoms with Gasteiger partial charge in [-0.05, 0) is 43.4 Å². The van der Waals surface area contributed by atoms with Crippen LogP contribution in [-0.2, 0) is 0 Å². The van der Waals surface area contributed by atoms with E-state index >= 15 is 0 Å². The van der Waals surface area contributed by atoms with Crippen LogP contribution in [0.25, 0.3) is 0 Å². The van der Waals surface area contributed by atoms with E-state index in [2.05, 4.69) is 20.8 Å². The van der Waals surface area contributed by atoms with Crippen LogP contribution < -0.4 is 5.73 Å². The number of hydrogen-bond acceptors (Lipinski definition) is 1. The van der Waals surface area contributed by atoms with Crippen molar-refractivity contribution in [3.63, 3.8) is 0 Å². The molecule has 64 valence electrons. The Balaban J connectivity index is 2.17. The van der Waals surface area contributed by atoms with E-state index in [-0.39, 0.29) is 5.54 Å². The lowest BCUT2D eigenvalue weighted by atomic mass is 9.90. The van der Waals surface area contributed by atoms with Gasteiger partial charge in [-0.2, -0.15) is 0 Å². The van der Waals surface area contributed by atoms with E-state index in [9.17, 15) is 0 Å². The molecule has 1 nitrogen and oxygen atoms in total. The molecular formula is C10H19N. The molecular weight excluding hydrogens is 134 g/mol. The molecule has 0 spiro atoms. The smallest absolute Gasteiger partial charge is 0.0160 e. The Kier molecular flexibility index (Phi) is 1.26. The molecule has 0 saturated heterocycles. The van der Waals surface area contributed by atoms with Crippen LogP contribution in [0, 0.1) is 17.3 Å². The molecule has 2 aliphatic carbocycles. The zero-order valence-electron chi connectivity index (χ0n) is 7.85. The summed E-state index contributed by atoms with van der Waals surface area (Å²) in [5.74, 6) is 1.69. The van der Waals surface area contributed by atoms with Crippen molar-refractivity contribution in [2.45, 2.75) is 45.6 Å². The van der Waals surface area contributed by atoms with Gasteiger partial charge >= 0.3 is 0 Å². The molecule has 3 atom stereocenters. The summed E-state index contributed by atoms with van der Waals surface area (Å²) in [4.78, 5) is 0. The number of rotatable bonds is 1. The fourth-order valence-corrected chi connectivity index (χ4v) is 3.09. The maximum Gasteiger partial charge on any atom is 0.0160 e. The maximum atomic E-state index is 6.19. The van der Waals surface area contributed by atoms with Crippen LogP contribution in [0.5, 0.6) is 0 Å². The van der Waals surface area contributed by atoms with Gasteiger partial charge in [-0.3, -0.25) is 0 Å². The highest BCUT2D eigenvalue weighted by Crippen LogP contribution is 2.70. The van der Waals surface area contributed by atoms with Crippen molar-refractivity contribution in [1.82, 2.24) is 0 Å². The summed E-state index contributed by atoms with van der Waals surface area (Å²) < 4.78 is 0. The van der Waals surface area contributed by atoms with Gasteiger partial charge in [0.05, 0.1) is 0 Å². The topological polar surface area (TPSA) is 26.0 Å². The maximum absolute atomic E-state index is 6.19. The average molecular weight is 153 g/mol. The second kappa shape index (κ2) is 1.82. The minimum atomic E-state index is 0.171. The molecule has 2 aliphatic rings. The summed E-state index contributed by atoms with van der Waals surface area (Å²) in [7, 11) is 0. The molecule has 11 heavy (non-hydrogen) atoms. The Morgan fingerprint density at radius 3 is 2.18 bits per heavy atom. The van der Waals surface area contributed by atoms with Gasteiger partial charge in [-0.25, -0.2) is 0 Å². The highest BCUT2D eigenvalue weighted by molar-refractivity contribution is 5.18. The molecule has 0 heterocycles. The summed E-state index contributed by atoms with van der Waals surface area (Å²) >= 11 is 0. The van der Waals surface area contributed by atoms with E-state index in [1.165, 1.54) is 19.3 Å². The largest absolute Gasteiger partial charge is 0.325 e. The first-order valence-corrected chi connectivity index (χ1v) is 4.78. The average Bonchev–Trinajstić information content (AvgIpc) is 2.54. The molecule has 2 N–H and O–H groups in total. The molecule has 0 radical (unpaired) electrons. The van der Waals surface area contributed by atoms with E-state index in [1.807, 2.05) is 0 Å². The summed E-state index contributed by atoms with van der Waals surface area (Å²) in [6.45, 7) is 6.93. The van der Waals surface area contributed by atoms with Gasteiger partial charge in [-0.1, -0.05) is 13.8 Å². The monoisotopic (exact) mass is 153 g/mol. The molecule has 0 aliphatic heterocycles. The lowest BCUT2D eigenvalue weighted by molar-refractivity contribution is 0.339. The molecule has 0 bridgehead atoms. The van der Waals surface area contributed by atoms with Crippen molar-refractivity contribution in [2.75, 3.05) is 0 Å². The van der Waals surface area contributed by atoms with E-state index in [4.69, 9.17) is 5.73 Å². The third kappa shape index (κ3) is 0.807. The molecule has 1 heteroatoms. The van der Waals surface area contributed by atoms with Gasteiger partial charge in [0.25, 0.3) is 0 Å². The molecule has 0 aromatic rings. The molecule has 0 aromatic carbocycles. The molecule has 2 rings (SSSR count). The van der Waals surface area contributed by atoms with Crippen LogP contribution in [-0.4, -0.2) is 5.54 Å². The number of hydrogen-bond donors (Lipinski definition) is 1. The van der Waals surface area contributed by atoms with E-state index in [0.29, 0.717) is 5.41 Å². The second-order valence-electron chi connectivity index (χ2n) is 5.15. The van der Waals surface area contributed by atoms with Gasteiger partial charge in [0.1, 0.15) is 0 Å². The zero-order valence-corrected chi connectivity index (χ0v) is 7.85. The van der Waals surface area contributed by atoms with Crippen molar-refractivity contribution in [2.24, 2.45) is 23.0 Å². The van der Waals surface area contributed by atoms with Gasteiger partial charge < -0.3 is 5.73 Å². The van der Waals surface area contributed by atoms with Crippen molar-refractivity contribution in [3.05, 3.63) is 0 Å². The standard InChI is InChI=1S/C10H19N/c1-7(2)10-5-4-9(3,11)8(10)6-10/h7-8H,4-6,11H2,1-3H3. The number of fused-ring (bicyclic) bond motifs is 1. The minimum Gasteiger partial charge on any atom is -0.325 e. The van der Waals surface area contributed by atoms with Crippen LogP contribution in [0.2, 0.25) is 0 Å². The first kappa shape index (κ1) is 7.60. The molecule has 0 aromatic heterocycles. The SMILES string of the molecule is CC(C)C12CCC(C)(N)C1C2. The second-order valence-corrected chi connectivity index (χ2v) is 5.15.